The predicted octanol–water partition coefficient (Wildman–Crippen LogP) is 3.20. The smallest absolute Gasteiger partial charge is 0.471 e. The second-order valence-corrected chi connectivity index (χ2v) is 7.65. The number of anilines is 1. The Morgan fingerprint density at radius 3 is 2.43 bits per heavy atom. The van der Waals surface area contributed by atoms with E-state index in [1.807, 2.05) is 17.0 Å². The van der Waals surface area contributed by atoms with E-state index in [4.69, 9.17) is 9.47 Å². The number of urea groups is 1. The third kappa shape index (κ3) is 5.55. The van der Waals surface area contributed by atoms with Crippen LogP contribution in [0.4, 0.5) is 23.8 Å². The summed E-state index contributed by atoms with van der Waals surface area (Å²) in [5.41, 5.74) is 1.18. The highest BCUT2D eigenvalue weighted by Crippen LogP contribution is 2.30. The molecule has 1 N–H and O–H groups in total. The molecule has 0 unspecified atom stereocenters. The number of ether oxygens (including phenoxy) is 2. The molecule has 1 aliphatic heterocycles. The lowest BCUT2D eigenvalue weighted by Crippen LogP contribution is -2.51. The van der Waals surface area contributed by atoms with Crippen LogP contribution in [0.25, 0.3) is 11.4 Å². The monoisotopic (exact) mass is 492 g/mol. The van der Waals surface area contributed by atoms with E-state index in [9.17, 15) is 18.0 Å². The number of amides is 2. The molecule has 3 heterocycles. The molecule has 35 heavy (non-hydrogen) atoms. The number of halogens is 3. The standard InChI is InChI=1S/C22H23F3N6O4/c1-33-16-5-3-14(11-17(16)34-2)12-27-21(32)31-9-7-30(8-10-31)18-6-4-15(13-26-18)19-28-20(35-29-19)22(23,24)25/h3-6,11,13H,7-10,12H2,1-2H3,(H,27,32). The lowest BCUT2D eigenvalue weighted by atomic mass is 10.2. The van der Waals surface area contributed by atoms with Gasteiger partial charge in [-0.2, -0.15) is 18.2 Å². The Labute approximate surface area is 198 Å². The number of carbonyl (C=O) groups excluding carboxylic acids is 1. The van der Waals surface area contributed by atoms with Gasteiger partial charge in [0.25, 0.3) is 0 Å². The second-order valence-electron chi connectivity index (χ2n) is 7.65. The molecule has 1 fully saturated rings. The molecule has 0 bridgehead atoms. The minimum Gasteiger partial charge on any atom is -0.493 e. The van der Waals surface area contributed by atoms with Crippen LogP contribution in [0, 0.1) is 0 Å². The maximum Gasteiger partial charge on any atom is 0.471 e. The van der Waals surface area contributed by atoms with E-state index in [0.717, 1.165) is 5.56 Å². The molecular weight excluding hydrogens is 469 g/mol. The summed E-state index contributed by atoms with van der Waals surface area (Å²) in [6.45, 7) is 2.42. The topological polar surface area (TPSA) is 106 Å². The average molecular weight is 492 g/mol. The molecule has 0 atom stereocenters. The molecule has 2 aromatic heterocycles. The van der Waals surface area contributed by atoms with Crippen molar-refractivity contribution in [3.8, 4) is 22.9 Å². The fraction of sp³-hybridized carbons (Fsp3) is 0.364. The average Bonchev–Trinajstić information content (AvgIpc) is 3.38. The third-order valence-corrected chi connectivity index (χ3v) is 5.46. The number of pyridine rings is 1. The van der Waals surface area contributed by atoms with E-state index in [0.29, 0.717) is 55.6 Å². The van der Waals surface area contributed by atoms with Crippen LogP contribution in [0.1, 0.15) is 11.5 Å². The van der Waals surface area contributed by atoms with Crippen molar-refractivity contribution < 1.29 is 32.0 Å². The number of aromatic nitrogens is 3. The highest BCUT2D eigenvalue weighted by atomic mass is 19.4. The molecule has 4 rings (SSSR count). The zero-order valence-electron chi connectivity index (χ0n) is 19.0. The van der Waals surface area contributed by atoms with Gasteiger partial charge in [-0.05, 0) is 29.8 Å². The number of hydrogen-bond donors (Lipinski definition) is 1. The van der Waals surface area contributed by atoms with Gasteiger partial charge in [0.2, 0.25) is 5.82 Å². The molecule has 0 saturated carbocycles. The Morgan fingerprint density at radius 2 is 1.83 bits per heavy atom. The van der Waals surface area contributed by atoms with Gasteiger partial charge in [-0.25, -0.2) is 9.78 Å². The highest BCUT2D eigenvalue weighted by Gasteiger charge is 2.38. The molecule has 186 valence electrons. The number of rotatable bonds is 6. The Kier molecular flexibility index (Phi) is 6.94. The SMILES string of the molecule is COc1ccc(CNC(=O)N2CCN(c3ccc(-c4noc(C(F)(F)F)n4)cn3)CC2)cc1OC. The summed E-state index contributed by atoms with van der Waals surface area (Å²) >= 11 is 0. The van der Waals surface area contributed by atoms with Crippen molar-refractivity contribution in [3.63, 3.8) is 0 Å². The van der Waals surface area contributed by atoms with Crippen molar-refractivity contribution >= 4 is 11.8 Å². The first-order valence-electron chi connectivity index (χ1n) is 10.6. The number of nitrogens with zero attached hydrogens (tertiary/aromatic N) is 5. The van der Waals surface area contributed by atoms with E-state index < -0.39 is 12.1 Å². The van der Waals surface area contributed by atoms with E-state index in [1.165, 1.54) is 6.20 Å². The molecule has 10 nitrogen and oxygen atoms in total. The van der Waals surface area contributed by atoms with Gasteiger partial charge in [-0.15, -0.1) is 0 Å². The molecule has 0 spiro atoms. The minimum atomic E-state index is -4.70. The predicted molar refractivity (Wildman–Crippen MR) is 118 cm³/mol. The summed E-state index contributed by atoms with van der Waals surface area (Å²) in [6, 6.07) is 8.52. The highest BCUT2D eigenvalue weighted by molar-refractivity contribution is 5.74. The summed E-state index contributed by atoms with van der Waals surface area (Å²) in [7, 11) is 3.11. The van der Waals surface area contributed by atoms with Crippen LogP contribution in [-0.2, 0) is 12.7 Å². The Hall–Kier alpha value is -4.03. The van der Waals surface area contributed by atoms with E-state index >= 15 is 0 Å². The first-order chi connectivity index (χ1) is 16.8. The largest absolute Gasteiger partial charge is 0.493 e. The Bertz CT molecular complexity index is 1160. The number of hydrogen-bond acceptors (Lipinski definition) is 8. The molecule has 2 amide bonds. The van der Waals surface area contributed by atoms with Gasteiger partial charge in [0.1, 0.15) is 5.82 Å². The van der Waals surface area contributed by atoms with Crippen LogP contribution in [0.2, 0.25) is 0 Å². The van der Waals surface area contributed by atoms with Crippen LogP contribution in [0.3, 0.4) is 0 Å². The maximum absolute atomic E-state index is 12.6. The molecule has 1 aromatic carbocycles. The zero-order valence-corrected chi connectivity index (χ0v) is 19.0. The number of methoxy groups -OCH3 is 2. The summed E-state index contributed by atoms with van der Waals surface area (Å²) in [6.07, 6.45) is -3.31. The van der Waals surface area contributed by atoms with Crippen LogP contribution in [-0.4, -0.2) is 66.5 Å². The number of piperazine rings is 1. The van der Waals surface area contributed by atoms with Gasteiger partial charge in [0, 0.05) is 44.5 Å². The lowest BCUT2D eigenvalue weighted by Gasteiger charge is -2.35. The van der Waals surface area contributed by atoms with Gasteiger partial charge in [-0.1, -0.05) is 11.2 Å². The summed E-state index contributed by atoms with van der Waals surface area (Å²) in [4.78, 5) is 24.0. The molecule has 1 saturated heterocycles. The normalized spacial score (nSPS) is 14.1. The third-order valence-electron chi connectivity index (χ3n) is 5.46. The molecule has 3 aromatic rings. The summed E-state index contributed by atoms with van der Waals surface area (Å²) in [5, 5.41) is 6.26. The van der Waals surface area contributed by atoms with Crippen LogP contribution >= 0.6 is 0 Å². The van der Waals surface area contributed by atoms with Crippen molar-refractivity contribution in [3.05, 3.63) is 48.0 Å². The van der Waals surface area contributed by atoms with Crippen LogP contribution < -0.4 is 19.7 Å². The van der Waals surface area contributed by atoms with Gasteiger partial charge in [0.05, 0.1) is 14.2 Å². The van der Waals surface area contributed by atoms with Crippen molar-refractivity contribution in [2.45, 2.75) is 12.7 Å². The number of benzene rings is 1. The molecule has 13 heteroatoms. The van der Waals surface area contributed by atoms with Crippen LogP contribution in [0.5, 0.6) is 11.5 Å². The maximum atomic E-state index is 12.6. The van der Waals surface area contributed by atoms with Gasteiger partial charge >= 0.3 is 18.1 Å². The van der Waals surface area contributed by atoms with Crippen molar-refractivity contribution in [2.75, 3.05) is 45.3 Å². The summed E-state index contributed by atoms with van der Waals surface area (Å²) < 4.78 is 52.7. The minimum absolute atomic E-state index is 0.180. The molecule has 0 radical (unpaired) electrons. The second kappa shape index (κ2) is 10.1. The van der Waals surface area contributed by atoms with Crippen LogP contribution in [0.15, 0.2) is 41.1 Å². The van der Waals surface area contributed by atoms with Crippen molar-refractivity contribution in [1.29, 1.82) is 0 Å². The zero-order chi connectivity index (χ0) is 25.0. The number of alkyl halides is 3. The summed E-state index contributed by atoms with van der Waals surface area (Å²) in [5.74, 6) is 0.248. The molecule has 1 aliphatic rings. The Balaban J connectivity index is 1.29. The quantitative estimate of drug-likeness (QED) is 0.559. The fourth-order valence-electron chi connectivity index (χ4n) is 3.58. The van der Waals surface area contributed by atoms with Gasteiger partial charge in [-0.3, -0.25) is 0 Å². The van der Waals surface area contributed by atoms with E-state index in [2.05, 4.69) is 25.0 Å². The molecular formula is C22H23F3N6O4. The molecule has 0 aliphatic carbocycles. The number of nitrogens with one attached hydrogen (secondary N) is 1. The van der Waals surface area contributed by atoms with Gasteiger partial charge in [0.15, 0.2) is 11.5 Å². The Morgan fingerprint density at radius 1 is 1.09 bits per heavy atom. The van der Waals surface area contributed by atoms with Gasteiger partial charge < -0.3 is 29.1 Å². The van der Waals surface area contributed by atoms with E-state index in [-0.39, 0.29) is 11.9 Å². The van der Waals surface area contributed by atoms with E-state index in [1.54, 1.807) is 37.3 Å². The van der Waals surface area contributed by atoms with Crippen molar-refractivity contribution in [1.82, 2.24) is 25.3 Å². The van der Waals surface area contributed by atoms with Crippen molar-refractivity contribution in [2.24, 2.45) is 0 Å². The fourth-order valence-corrected chi connectivity index (χ4v) is 3.58. The first-order valence-corrected chi connectivity index (χ1v) is 10.6. The first kappa shape index (κ1) is 24.1. The lowest BCUT2D eigenvalue weighted by molar-refractivity contribution is -0.159. The number of carbonyl (C=O) groups is 1.